The minimum atomic E-state index is 0.386. The Morgan fingerprint density at radius 1 is 1.33 bits per heavy atom. The first-order valence-electron chi connectivity index (χ1n) is 4.55. The molecule has 0 nitrogen and oxygen atoms in total. The van der Waals surface area contributed by atoms with Gasteiger partial charge in [-0.2, -0.15) is 0 Å². The largest absolute Gasteiger partial charge is 0.149 e. The highest BCUT2D eigenvalue weighted by Crippen LogP contribution is 2.38. The molecule has 0 N–H and O–H groups in total. The summed E-state index contributed by atoms with van der Waals surface area (Å²) in [6.07, 6.45) is 5.15. The topological polar surface area (TPSA) is 0 Å². The van der Waals surface area contributed by atoms with Gasteiger partial charge in [-0.3, -0.25) is 0 Å². The zero-order valence-corrected chi connectivity index (χ0v) is 8.57. The van der Waals surface area contributed by atoms with E-state index in [1.807, 2.05) is 11.3 Å². The first kappa shape index (κ1) is 8.58. The van der Waals surface area contributed by atoms with Gasteiger partial charge in [-0.1, -0.05) is 18.9 Å². The first-order valence-corrected chi connectivity index (χ1v) is 5.87. The Labute approximate surface area is 82.6 Å². The number of alkyl halides is 1. The summed E-state index contributed by atoms with van der Waals surface area (Å²) in [5.74, 6) is 0.639. The molecule has 1 heterocycles. The molecule has 1 aromatic rings. The Kier molecular flexibility index (Phi) is 2.72. The van der Waals surface area contributed by atoms with E-state index in [9.17, 15) is 0 Å². The van der Waals surface area contributed by atoms with Gasteiger partial charge in [0.05, 0.1) is 0 Å². The highest BCUT2D eigenvalue weighted by atomic mass is 35.5. The van der Waals surface area contributed by atoms with Crippen LogP contribution in [0.4, 0.5) is 0 Å². The molecule has 2 atom stereocenters. The molecule has 2 rings (SSSR count). The molecule has 0 spiro atoms. The van der Waals surface area contributed by atoms with E-state index in [0.29, 0.717) is 11.3 Å². The van der Waals surface area contributed by atoms with E-state index >= 15 is 0 Å². The van der Waals surface area contributed by atoms with Crippen LogP contribution in [0.2, 0.25) is 0 Å². The molecular weight excluding hydrogens is 188 g/mol. The third kappa shape index (κ3) is 1.67. The van der Waals surface area contributed by atoms with Gasteiger partial charge >= 0.3 is 0 Å². The zero-order valence-electron chi connectivity index (χ0n) is 7.00. The Bertz CT molecular complexity index is 230. The van der Waals surface area contributed by atoms with Crippen LogP contribution < -0.4 is 0 Å². The van der Waals surface area contributed by atoms with Gasteiger partial charge < -0.3 is 0 Å². The Balaban J connectivity index is 2.11. The smallest absolute Gasteiger partial charge is 0.0412 e. The van der Waals surface area contributed by atoms with Crippen LogP contribution in [0.5, 0.6) is 0 Å². The van der Waals surface area contributed by atoms with E-state index in [4.69, 9.17) is 11.6 Å². The number of halogens is 1. The Morgan fingerprint density at radius 3 is 2.83 bits per heavy atom. The number of thiophene rings is 1. The van der Waals surface area contributed by atoms with Gasteiger partial charge in [0, 0.05) is 16.2 Å². The second-order valence-corrected chi connectivity index (χ2v) is 4.96. The van der Waals surface area contributed by atoms with Crippen molar-refractivity contribution in [3.05, 3.63) is 22.4 Å². The Morgan fingerprint density at radius 2 is 2.17 bits per heavy atom. The van der Waals surface area contributed by atoms with Crippen LogP contribution in [-0.2, 0) is 0 Å². The molecule has 2 heteroatoms. The lowest BCUT2D eigenvalue weighted by molar-refractivity contribution is 0.455. The average Bonchev–Trinajstić information content (AvgIpc) is 2.57. The normalized spacial score (nSPS) is 30.4. The molecule has 0 unspecified atom stereocenters. The van der Waals surface area contributed by atoms with Gasteiger partial charge in [-0.05, 0) is 24.3 Å². The van der Waals surface area contributed by atoms with Crippen LogP contribution in [0.3, 0.4) is 0 Å². The average molecular weight is 201 g/mol. The molecule has 0 amide bonds. The fourth-order valence-corrected chi connectivity index (χ4v) is 3.33. The van der Waals surface area contributed by atoms with Crippen molar-refractivity contribution < 1.29 is 0 Å². The van der Waals surface area contributed by atoms with Crippen molar-refractivity contribution in [1.82, 2.24) is 0 Å². The summed E-state index contributed by atoms with van der Waals surface area (Å²) in [6, 6.07) is 4.34. The summed E-state index contributed by atoms with van der Waals surface area (Å²) in [5.41, 5.74) is 0. The maximum atomic E-state index is 6.28. The molecule has 1 fully saturated rings. The number of hydrogen-bond acceptors (Lipinski definition) is 1. The second kappa shape index (κ2) is 3.80. The number of rotatable bonds is 1. The van der Waals surface area contributed by atoms with Crippen LogP contribution in [-0.4, -0.2) is 5.38 Å². The molecule has 1 aromatic heterocycles. The molecule has 66 valence electrons. The maximum absolute atomic E-state index is 6.28. The predicted molar refractivity (Wildman–Crippen MR) is 55.2 cm³/mol. The van der Waals surface area contributed by atoms with E-state index in [2.05, 4.69) is 17.5 Å². The van der Waals surface area contributed by atoms with E-state index in [0.717, 1.165) is 0 Å². The molecule has 0 saturated heterocycles. The van der Waals surface area contributed by atoms with Gasteiger partial charge in [0.1, 0.15) is 0 Å². The highest BCUT2D eigenvalue weighted by Gasteiger charge is 2.24. The van der Waals surface area contributed by atoms with Crippen LogP contribution >= 0.6 is 22.9 Å². The standard InChI is InChI=1S/C10H13ClS/c11-9-5-2-1-4-8(9)10-6-3-7-12-10/h3,6-9H,1-2,4-5H2/t8-,9-/m1/s1. The predicted octanol–water partition coefficient (Wildman–Crippen LogP) is 4.01. The van der Waals surface area contributed by atoms with E-state index in [1.54, 1.807) is 0 Å². The monoisotopic (exact) mass is 200 g/mol. The van der Waals surface area contributed by atoms with Crippen molar-refractivity contribution >= 4 is 22.9 Å². The van der Waals surface area contributed by atoms with Gasteiger partial charge in [0.25, 0.3) is 0 Å². The summed E-state index contributed by atoms with van der Waals surface area (Å²) in [7, 11) is 0. The quantitative estimate of drug-likeness (QED) is 0.601. The van der Waals surface area contributed by atoms with Crippen molar-refractivity contribution in [2.45, 2.75) is 37.0 Å². The molecule has 0 radical (unpaired) electrons. The van der Waals surface area contributed by atoms with E-state index < -0.39 is 0 Å². The van der Waals surface area contributed by atoms with Crippen LogP contribution in [0.25, 0.3) is 0 Å². The second-order valence-electron chi connectivity index (χ2n) is 3.42. The molecule has 0 aliphatic heterocycles. The molecule has 1 saturated carbocycles. The van der Waals surface area contributed by atoms with Gasteiger partial charge in [0.15, 0.2) is 0 Å². The molecule has 1 aliphatic carbocycles. The molecular formula is C10H13ClS. The fraction of sp³-hybridized carbons (Fsp3) is 0.600. The van der Waals surface area contributed by atoms with Crippen molar-refractivity contribution in [3.8, 4) is 0 Å². The summed E-state index contributed by atoms with van der Waals surface area (Å²) in [6.45, 7) is 0. The van der Waals surface area contributed by atoms with Crippen molar-refractivity contribution in [2.24, 2.45) is 0 Å². The SMILES string of the molecule is Cl[C@@H]1CCCC[C@H]1c1cccs1. The van der Waals surface area contributed by atoms with E-state index in [1.165, 1.54) is 30.6 Å². The summed E-state index contributed by atoms with van der Waals surface area (Å²) in [4.78, 5) is 1.48. The number of hydrogen-bond donors (Lipinski definition) is 0. The van der Waals surface area contributed by atoms with Crippen molar-refractivity contribution in [2.75, 3.05) is 0 Å². The van der Waals surface area contributed by atoms with E-state index in [-0.39, 0.29) is 0 Å². The van der Waals surface area contributed by atoms with Crippen LogP contribution in [0.1, 0.15) is 36.5 Å². The fourth-order valence-electron chi connectivity index (χ4n) is 1.91. The van der Waals surface area contributed by atoms with Gasteiger partial charge in [-0.25, -0.2) is 0 Å². The summed E-state index contributed by atoms with van der Waals surface area (Å²) in [5, 5.41) is 2.53. The van der Waals surface area contributed by atoms with Crippen LogP contribution in [0, 0.1) is 0 Å². The van der Waals surface area contributed by atoms with Crippen LogP contribution in [0.15, 0.2) is 17.5 Å². The first-order chi connectivity index (χ1) is 5.88. The minimum Gasteiger partial charge on any atom is -0.149 e. The minimum absolute atomic E-state index is 0.386. The highest BCUT2D eigenvalue weighted by molar-refractivity contribution is 7.10. The zero-order chi connectivity index (χ0) is 8.39. The summed E-state index contributed by atoms with van der Waals surface area (Å²) >= 11 is 8.13. The molecule has 0 aromatic carbocycles. The lowest BCUT2D eigenvalue weighted by atomic mass is 9.88. The molecule has 1 aliphatic rings. The third-order valence-corrected chi connectivity index (χ3v) is 4.12. The van der Waals surface area contributed by atoms with Crippen molar-refractivity contribution in [1.29, 1.82) is 0 Å². The lowest BCUT2D eigenvalue weighted by Gasteiger charge is -2.25. The maximum Gasteiger partial charge on any atom is 0.0412 e. The third-order valence-electron chi connectivity index (χ3n) is 2.59. The lowest BCUT2D eigenvalue weighted by Crippen LogP contribution is -2.16. The molecule has 12 heavy (non-hydrogen) atoms. The van der Waals surface area contributed by atoms with Gasteiger partial charge in [0.2, 0.25) is 0 Å². The molecule has 0 bridgehead atoms. The summed E-state index contributed by atoms with van der Waals surface area (Å²) < 4.78 is 0. The Hall–Kier alpha value is -0.0100. The van der Waals surface area contributed by atoms with Crippen molar-refractivity contribution in [3.63, 3.8) is 0 Å². The van der Waals surface area contributed by atoms with Gasteiger partial charge in [-0.15, -0.1) is 22.9 Å².